The number of aryl methyl sites for hydroxylation is 1. The van der Waals surface area contributed by atoms with Gasteiger partial charge in [-0.25, -0.2) is 14.7 Å². The van der Waals surface area contributed by atoms with Crippen LogP contribution in [0.4, 0.5) is 10.5 Å². The van der Waals surface area contributed by atoms with Crippen LogP contribution in [-0.4, -0.2) is 49.7 Å². The number of carbonyl (C=O) groups excluding carboxylic acids is 2. The number of hydrogen-bond acceptors (Lipinski definition) is 3. The summed E-state index contributed by atoms with van der Waals surface area (Å²) < 4.78 is 0. The van der Waals surface area contributed by atoms with E-state index in [1.165, 1.54) is 21.1 Å². The number of pyridine rings is 1. The third kappa shape index (κ3) is 3.89. The molecular formula is C23H31N5O2+2. The minimum Gasteiger partial charge on any atom is -0.360 e. The monoisotopic (exact) mass is 409 g/mol. The number of benzene rings is 1. The molecule has 1 aromatic carbocycles. The van der Waals surface area contributed by atoms with Crippen molar-refractivity contribution in [1.82, 2.24) is 10.2 Å². The first-order valence-electron chi connectivity index (χ1n) is 10.8. The Labute approximate surface area is 177 Å². The number of carbonyl (C=O) groups is 2. The Bertz CT molecular complexity index is 894. The van der Waals surface area contributed by atoms with Gasteiger partial charge in [-0.3, -0.25) is 4.79 Å². The summed E-state index contributed by atoms with van der Waals surface area (Å²) in [6, 6.07) is 11.9. The van der Waals surface area contributed by atoms with E-state index in [0.29, 0.717) is 6.67 Å². The Kier molecular flexibility index (Phi) is 5.72. The molecule has 0 spiro atoms. The maximum absolute atomic E-state index is 13.2. The SMILES string of the molecule is CCCc1ccc([C@@]2(C)NC(=O)N(C[NH+]3CCN(c4cc[nH+]cc4)CC3)C2=O)cc1. The van der Waals surface area contributed by atoms with E-state index in [1.54, 1.807) is 0 Å². The van der Waals surface area contributed by atoms with Crippen LogP contribution in [0, 0.1) is 0 Å². The quantitative estimate of drug-likeness (QED) is 0.686. The predicted octanol–water partition coefficient (Wildman–Crippen LogP) is 0.583. The molecule has 0 radical (unpaired) electrons. The zero-order chi connectivity index (χ0) is 21.1. The van der Waals surface area contributed by atoms with Crippen molar-refractivity contribution in [2.24, 2.45) is 0 Å². The zero-order valence-electron chi connectivity index (χ0n) is 17.8. The van der Waals surface area contributed by atoms with Gasteiger partial charge in [-0.05, 0) is 24.5 Å². The zero-order valence-corrected chi connectivity index (χ0v) is 17.8. The fourth-order valence-electron chi connectivity index (χ4n) is 4.38. The molecular weight excluding hydrogens is 378 g/mol. The molecule has 30 heavy (non-hydrogen) atoms. The number of nitrogens with zero attached hydrogens (tertiary/aromatic N) is 2. The first-order chi connectivity index (χ1) is 14.5. The average molecular weight is 410 g/mol. The van der Waals surface area contributed by atoms with Crippen LogP contribution in [0.1, 0.15) is 31.4 Å². The summed E-state index contributed by atoms with van der Waals surface area (Å²) in [5, 5.41) is 2.93. The molecule has 0 saturated carbocycles. The predicted molar refractivity (Wildman–Crippen MR) is 114 cm³/mol. The van der Waals surface area contributed by atoms with Gasteiger partial charge in [0, 0.05) is 17.8 Å². The Morgan fingerprint density at radius 3 is 2.37 bits per heavy atom. The lowest BCUT2D eigenvalue weighted by atomic mass is 9.91. The van der Waals surface area contributed by atoms with Crippen molar-refractivity contribution in [2.75, 3.05) is 37.7 Å². The number of aromatic amines is 1. The van der Waals surface area contributed by atoms with Crippen LogP contribution in [0.15, 0.2) is 48.8 Å². The van der Waals surface area contributed by atoms with E-state index in [4.69, 9.17) is 0 Å². The highest BCUT2D eigenvalue weighted by molar-refractivity contribution is 6.07. The maximum Gasteiger partial charge on any atom is 0.329 e. The number of rotatable bonds is 6. The second-order valence-corrected chi connectivity index (χ2v) is 8.39. The van der Waals surface area contributed by atoms with Crippen LogP contribution in [0.25, 0.3) is 0 Å². The van der Waals surface area contributed by atoms with Gasteiger partial charge in [0.15, 0.2) is 19.1 Å². The summed E-state index contributed by atoms with van der Waals surface area (Å²) in [5.74, 6) is -0.163. The molecule has 0 bridgehead atoms. The number of piperazine rings is 1. The van der Waals surface area contributed by atoms with Crippen LogP contribution in [0.5, 0.6) is 0 Å². The summed E-state index contributed by atoms with van der Waals surface area (Å²) in [5.41, 5.74) is 2.28. The molecule has 2 aromatic rings. The molecule has 3 N–H and O–H groups in total. The number of imide groups is 1. The second-order valence-electron chi connectivity index (χ2n) is 8.39. The fraction of sp³-hybridized carbons (Fsp3) is 0.435. The first-order valence-corrected chi connectivity index (χ1v) is 10.8. The highest BCUT2D eigenvalue weighted by Gasteiger charge is 2.50. The highest BCUT2D eigenvalue weighted by Crippen LogP contribution is 2.28. The van der Waals surface area contributed by atoms with Gasteiger partial charge in [0.05, 0.1) is 26.2 Å². The molecule has 1 atom stereocenters. The molecule has 7 nitrogen and oxygen atoms in total. The van der Waals surface area contributed by atoms with Crippen molar-refractivity contribution >= 4 is 17.6 Å². The van der Waals surface area contributed by atoms with Crippen LogP contribution in [0.2, 0.25) is 0 Å². The molecule has 2 aliphatic heterocycles. The lowest BCUT2D eigenvalue weighted by molar-refractivity contribution is -0.907. The van der Waals surface area contributed by atoms with Crippen LogP contribution in [0.3, 0.4) is 0 Å². The molecule has 158 valence electrons. The molecule has 2 saturated heterocycles. The van der Waals surface area contributed by atoms with Crippen molar-refractivity contribution in [3.8, 4) is 0 Å². The highest BCUT2D eigenvalue weighted by atomic mass is 16.2. The number of urea groups is 1. The summed E-state index contributed by atoms with van der Waals surface area (Å²) in [4.78, 5) is 33.9. The number of quaternary nitrogens is 1. The van der Waals surface area contributed by atoms with E-state index in [1.807, 2.05) is 31.5 Å². The lowest BCUT2D eigenvalue weighted by Crippen LogP contribution is -3.16. The first kappa shape index (κ1) is 20.3. The van der Waals surface area contributed by atoms with Crippen molar-refractivity contribution in [1.29, 1.82) is 0 Å². The van der Waals surface area contributed by atoms with Crippen LogP contribution in [-0.2, 0) is 16.8 Å². The molecule has 3 heterocycles. The number of aromatic nitrogens is 1. The summed E-state index contributed by atoms with van der Waals surface area (Å²) in [6.07, 6.45) is 5.95. The number of anilines is 1. The van der Waals surface area contributed by atoms with E-state index in [2.05, 4.69) is 46.4 Å². The van der Waals surface area contributed by atoms with Gasteiger partial charge in [0.25, 0.3) is 5.91 Å². The third-order valence-electron chi connectivity index (χ3n) is 6.26. The molecule has 2 fully saturated rings. The van der Waals surface area contributed by atoms with Gasteiger partial charge in [0.1, 0.15) is 5.54 Å². The molecule has 1 aromatic heterocycles. The number of hydrogen-bond donors (Lipinski definition) is 2. The van der Waals surface area contributed by atoms with Gasteiger partial charge >= 0.3 is 6.03 Å². The summed E-state index contributed by atoms with van der Waals surface area (Å²) in [7, 11) is 0. The third-order valence-corrected chi connectivity index (χ3v) is 6.26. The smallest absolute Gasteiger partial charge is 0.329 e. The van der Waals surface area contributed by atoms with E-state index in [-0.39, 0.29) is 11.9 Å². The fourth-order valence-corrected chi connectivity index (χ4v) is 4.38. The normalized spacial score (nSPS) is 22.5. The van der Waals surface area contributed by atoms with Crippen LogP contribution >= 0.6 is 0 Å². The molecule has 0 aliphatic carbocycles. The van der Waals surface area contributed by atoms with Gasteiger partial charge < -0.3 is 15.1 Å². The maximum atomic E-state index is 13.2. The van der Waals surface area contributed by atoms with E-state index >= 15 is 0 Å². The largest absolute Gasteiger partial charge is 0.360 e. The van der Waals surface area contributed by atoms with Gasteiger partial charge in [0.2, 0.25) is 0 Å². The van der Waals surface area contributed by atoms with Gasteiger partial charge in [-0.2, -0.15) is 0 Å². The van der Waals surface area contributed by atoms with E-state index in [9.17, 15) is 9.59 Å². The van der Waals surface area contributed by atoms with Crippen molar-refractivity contribution < 1.29 is 19.5 Å². The number of H-pyrrole nitrogens is 1. The molecule has 0 unspecified atom stereocenters. The standard InChI is InChI=1S/C23H29N5O2/c1-3-4-18-5-7-19(8-6-18)23(2)21(29)28(22(30)25-23)17-26-13-15-27(16-14-26)20-9-11-24-12-10-20/h5-12H,3-4,13-17H2,1-2H3,(H,25,30)/p+2/t23-/m1/s1. The van der Waals surface area contributed by atoms with Crippen molar-refractivity contribution in [3.05, 3.63) is 59.9 Å². The number of nitrogens with one attached hydrogen (secondary N) is 3. The lowest BCUT2D eigenvalue weighted by Gasteiger charge is -2.34. The van der Waals surface area contributed by atoms with Gasteiger partial charge in [-0.1, -0.05) is 37.6 Å². The minimum atomic E-state index is -0.996. The summed E-state index contributed by atoms with van der Waals surface area (Å²) in [6.45, 7) is 7.94. The van der Waals surface area contributed by atoms with Gasteiger partial charge in [-0.15, -0.1) is 0 Å². The molecule has 7 heteroatoms. The number of amides is 3. The van der Waals surface area contributed by atoms with E-state index in [0.717, 1.165) is 44.6 Å². The van der Waals surface area contributed by atoms with E-state index < -0.39 is 5.54 Å². The Hall–Kier alpha value is -2.93. The van der Waals surface area contributed by atoms with Crippen molar-refractivity contribution in [2.45, 2.75) is 32.2 Å². The second kappa shape index (κ2) is 8.44. The van der Waals surface area contributed by atoms with Crippen LogP contribution < -0.4 is 20.1 Å². The average Bonchev–Trinajstić information content (AvgIpc) is 2.99. The minimum absolute atomic E-state index is 0.163. The Balaban J connectivity index is 1.40. The van der Waals surface area contributed by atoms with Crippen molar-refractivity contribution in [3.63, 3.8) is 0 Å². The topological polar surface area (TPSA) is 71.2 Å². The Morgan fingerprint density at radius 2 is 1.73 bits per heavy atom. The molecule has 4 rings (SSSR count). The Morgan fingerprint density at radius 1 is 1.07 bits per heavy atom. The summed E-state index contributed by atoms with van der Waals surface area (Å²) >= 11 is 0. The molecule has 3 amide bonds. The molecule has 2 aliphatic rings.